The summed E-state index contributed by atoms with van der Waals surface area (Å²) in [5.41, 5.74) is 2.76. The van der Waals surface area contributed by atoms with E-state index in [1.54, 1.807) is 0 Å². The average molecular weight is 392 g/mol. The maximum Gasteiger partial charge on any atom is 0.228 e. The van der Waals surface area contributed by atoms with E-state index >= 15 is 0 Å². The number of hydrogen-bond donors (Lipinski definition) is 1. The van der Waals surface area contributed by atoms with Gasteiger partial charge >= 0.3 is 0 Å². The van der Waals surface area contributed by atoms with E-state index in [1.165, 1.54) is 0 Å². The van der Waals surface area contributed by atoms with E-state index in [4.69, 9.17) is 9.47 Å². The maximum atomic E-state index is 12.3. The number of halogens is 1. The Labute approximate surface area is 151 Å². The van der Waals surface area contributed by atoms with Gasteiger partial charge in [-0.15, -0.1) is 0 Å². The van der Waals surface area contributed by atoms with E-state index in [0.717, 1.165) is 21.3 Å². The standard InChI is InChI=1S/C19H22BrNO3/c1-4-23-17-10-14(16(20)12-18(17)24-5-2)11-19(22)21-15-8-6-7-13(3)9-15/h6-10,12H,4-5,11H2,1-3H3,(H,21,22). The van der Waals surface area contributed by atoms with E-state index < -0.39 is 0 Å². The number of rotatable bonds is 7. The van der Waals surface area contributed by atoms with Gasteiger partial charge in [-0.1, -0.05) is 28.1 Å². The third-order valence-corrected chi connectivity index (χ3v) is 4.10. The van der Waals surface area contributed by atoms with E-state index in [9.17, 15) is 4.79 Å². The number of anilines is 1. The van der Waals surface area contributed by atoms with Crippen molar-refractivity contribution in [2.75, 3.05) is 18.5 Å². The van der Waals surface area contributed by atoms with Gasteiger partial charge in [-0.3, -0.25) is 4.79 Å². The molecular weight excluding hydrogens is 370 g/mol. The second kappa shape index (κ2) is 8.73. The SMILES string of the molecule is CCOc1cc(Br)c(CC(=O)Nc2cccc(C)c2)cc1OCC. The number of ether oxygens (including phenoxy) is 2. The largest absolute Gasteiger partial charge is 0.490 e. The van der Waals surface area contributed by atoms with Crippen LogP contribution < -0.4 is 14.8 Å². The molecule has 0 saturated heterocycles. The van der Waals surface area contributed by atoms with Gasteiger partial charge in [0.05, 0.1) is 19.6 Å². The molecule has 0 atom stereocenters. The first kappa shape index (κ1) is 18.3. The highest BCUT2D eigenvalue weighted by Crippen LogP contribution is 2.34. The fourth-order valence-electron chi connectivity index (χ4n) is 2.35. The molecule has 2 aromatic carbocycles. The van der Waals surface area contributed by atoms with Gasteiger partial charge in [-0.25, -0.2) is 0 Å². The Hall–Kier alpha value is -2.01. The second-order valence-corrected chi connectivity index (χ2v) is 6.21. The summed E-state index contributed by atoms with van der Waals surface area (Å²) in [6.45, 7) is 6.93. The van der Waals surface area contributed by atoms with Crippen LogP contribution in [0.2, 0.25) is 0 Å². The van der Waals surface area contributed by atoms with E-state index in [2.05, 4.69) is 21.2 Å². The van der Waals surface area contributed by atoms with E-state index in [1.807, 2.05) is 57.2 Å². The van der Waals surface area contributed by atoms with Crippen LogP contribution in [-0.4, -0.2) is 19.1 Å². The van der Waals surface area contributed by atoms with Crippen molar-refractivity contribution in [1.29, 1.82) is 0 Å². The van der Waals surface area contributed by atoms with Gasteiger partial charge in [0.1, 0.15) is 0 Å². The first-order valence-corrected chi connectivity index (χ1v) is 8.77. The predicted molar refractivity (Wildman–Crippen MR) is 100.0 cm³/mol. The molecule has 2 aromatic rings. The summed E-state index contributed by atoms with van der Waals surface area (Å²) in [6, 6.07) is 11.4. The van der Waals surface area contributed by atoms with Crippen molar-refractivity contribution in [3.63, 3.8) is 0 Å². The van der Waals surface area contributed by atoms with Crippen LogP contribution in [-0.2, 0) is 11.2 Å². The molecule has 2 rings (SSSR count). The fraction of sp³-hybridized carbons (Fsp3) is 0.316. The summed E-state index contributed by atoms with van der Waals surface area (Å²) in [7, 11) is 0. The Morgan fingerprint density at radius 2 is 1.75 bits per heavy atom. The minimum absolute atomic E-state index is 0.0760. The number of carbonyl (C=O) groups excluding carboxylic acids is 1. The molecule has 0 spiro atoms. The molecule has 0 fully saturated rings. The van der Waals surface area contributed by atoms with E-state index in [0.29, 0.717) is 24.7 Å². The first-order valence-electron chi connectivity index (χ1n) is 7.98. The number of nitrogens with one attached hydrogen (secondary N) is 1. The van der Waals surface area contributed by atoms with Crippen molar-refractivity contribution in [3.8, 4) is 11.5 Å². The molecule has 128 valence electrons. The maximum absolute atomic E-state index is 12.3. The Morgan fingerprint density at radius 3 is 2.38 bits per heavy atom. The van der Waals surface area contributed by atoms with Gasteiger partial charge in [-0.2, -0.15) is 0 Å². The molecule has 0 aromatic heterocycles. The number of aryl methyl sites for hydroxylation is 1. The second-order valence-electron chi connectivity index (χ2n) is 5.35. The topological polar surface area (TPSA) is 47.6 Å². The molecule has 0 unspecified atom stereocenters. The molecule has 0 saturated carbocycles. The van der Waals surface area contributed by atoms with Crippen molar-refractivity contribution < 1.29 is 14.3 Å². The smallest absolute Gasteiger partial charge is 0.228 e. The van der Waals surface area contributed by atoms with Crippen molar-refractivity contribution >= 4 is 27.5 Å². The van der Waals surface area contributed by atoms with Crippen molar-refractivity contribution in [2.24, 2.45) is 0 Å². The number of hydrogen-bond acceptors (Lipinski definition) is 3. The highest BCUT2D eigenvalue weighted by molar-refractivity contribution is 9.10. The monoisotopic (exact) mass is 391 g/mol. The molecule has 0 aliphatic heterocycles. The number of benzene rings is 2. The molecule has 24 heavy (non-hydrogen) atoms. The Balaban J connectivity index is 2.15. The van der Waals surface area contributed by atoms with E-state index in [-0.39, 0.29) is 12.3 Å². The van der Waals surface area contributed by atoms with Crippen molar-refractivity contribution in [1.82, 2.24) is 0 Å². The third-order valence-electron chi connectivity index (χ3n) is 3.37. The Kier molecular flexibility index (Phi) is 6.67. The highest BCUT2D eigenvalue weighted by atomic mass is 79.9. The van der Waals surface area contributed by atoms with Crippen LogP contribution in [0.15, 0.2) is 40.9 Å². The Bertz CT molecular complexity index is 716. The lowest BCUT2D eigenvalue weighted by molar-refractivity contribution is -0.115. The van der Waals surface area contributed by atoms with Gasteiger partial charge < -0.3 is 14.8 Å². The zero-order valence-corrected chi connectivity index (χ0v) is 15.8. The van der Waals surface area contributed by atoms with Crippen LogP contribution in [0, 0.1) is 6.92 Å². The van der Waals surface area contributed by atoms with Gasteiger partial charge in [-0.05, 0) is 56.2 Å². The zero-order chi connectivity index (χ0) is 17.5. The molecule has 0 heterocycles. The van der Waals surface area contributed by atoms with Crippen LogP contribution in [0.25, 0.3) is 0 Å². The van der Waals surface area contributed by atoms with Gasteiger partial charge in [0.25, 0.3) is 0 Å². The Morgan fingerprint density at radius 1 is 1.08 bits per heavy atom. The molecule has 0 bridgehead atoms. The number of amides is 1. The summed E-state index contributed by atoms with van der Waals surface area (Å²) < 4.78 is 12.0. The molecule has 0 aliphatic rings. The van der Waals surface area contributed by atoms with Crippen molar-refractivity contribution in [3.05, 3.63) is 52.0 Å². The molecule has 1 amide bonds. The summed E-state index contributed by atoms with van der Waals surface area (Å²) in [6.07, 6.45) is 0.251. The lowest BCUT2D eigenvalue weighted by Crippen LogP contribution is -2.15. The summed E-state index contributed by atoms with van der Waals surface area (Å²) in [4.78, 5) is 12.3. The molecule has 4 nitrogen and oxygen atoms in total. The van der Waals surface area contributed by atoms with Crippen molar-refractivity contribution in [2.45, 2.75) is 27.2 Å². The minimum Gasteiger partial charge on any atom is -0.490 e. The lowest BCUT2D eigenvalue weighted by atomic mass is 10.1. The molecule has 5 heteroatoms. The van der Waals surface area contributed by atoms with Crippen LogP contribution in [0.5, 0.6) is 11.5 Å². The summed E-state index contributed by atoms with van der Waals surface area (Å²) >= 11 is 3.51. The van der Waals surface area contributed by atoms with Gasteiger partial charge in [0.2, 0.25) is 5.91 Å². The molecule has 1 N–H and O–H groups in total. The molecule has 0 aliphatic carbocycles. The summed E-state index contributed by atoms with van der Waals surface area (Å²) in [5.74, 6) is 1.25. The molecular formula is C19H22BrNO3. The average Bonchev–Trinajstić information content (AvgIpc) is 2.52. The predicted octanol–water partition coefficient (Wildman–Crippen LogP) is 4.74. The fourth-order valence-corrected chi connectivity index (χ4v) is 2.81. The van der Waals surface area contributed by atoms with Crippen LogP contribution in [0.3, 0.4) is 0 Å². The van der Waals surface area contributed by atoms with Crippen LogP contribution in [0.1, 0.15) is 25.0 Å². The quantitative estimate of drug-likeness (QED) is 0.741. The zero-order valence-electron chi connectivity index (χ0n) is 14.2. The molecule has 0 radical (unpaired) electrons. The van der Waals surface area contributed by atoms with Crippen LogP contribution in [0.4, 0.5) is 5.69 Å². The summed E-state index contributed by atoms with van der Waals surface area (Å²) in [5, 5.41) is 2.92. The number of carbonyl (C=O) groups is 1. The highest BCUT2D eigenvalue weighted by Gasteiger charge is 2.13. The lowest BCUT2D eigenvalue weighted by Gasteiger charge is -2.14. The normalized spacial score (nSPS) is 10.3. The van der Waals surface area contributed by atoms with Gasteiger partial charge in [0, 0.05) is 10.2 Å². The minimum atomic E-state index is -0.0760. The van der Waals surface area contributed by atoms with Gasteiger partial charge in [0.15, 0.2) is 11.5 Å². The van der Waals surface area contributed by atoms with Crippen LogP contribution >= 0.6 is 15.9 Å². The third kappa shape index (κ3) is 4.99. The first-order chi connectivity index (χ1) is 11.5.